The first-order chi connectivity index (χ1) is 8.31. The van der Waals surface area contributed by atoms with Crippen LogP contribution in [0.4, 0.5) is 0 Å². The van der Waals surface area contributed by atoms with Gasteiger partial charge < -0.3 is 4.90 Å². The quantitative estimate of drug-likeness (QED) is 0.783. The summed E-state index contributed by atoms with van der Waals surface area (Å²) in [5.41, 5.74) is 1.97. The van der Waals surface area contributed by atoms with Gasteiger partial charge in [-0.25, -0.2) is 12.7 Å². The van der Waals surface area contributed by atoms with E-state index in [-0.39, 0.29) is 5.75 Å². The molecule has 0 N–H and O–H groups in total. The van der Waals surface area contributed by atoms with Crippen molar-refractivity contribution in [2.45, 2.75) is 12.7 Å². The van der Waals surface area contributed by atoms with Crippen molar-refractivity contribution in [3.63, 3.8) is 0 Å². The Hall–Kier alpha value is -0.910. The lowest BCUT2D eigenvalue weighted by molar-refractivity contribution is 0.358. The Morgan fingerprint density at radius 3 is 2.06 bits per heavy atom. The third-order valence-corrected chi connectivity index (χ3v) is 4.64. The van der Waals surface area contributed by atoms with Crippen LogP contribution in [0.1, 0.15) is 11.1 Å². The Kier molecular flexibility index (Phi) is 5.31. The van der Waals surface area contributed by atoms with Crippen molar-refractivity contribution in [1.82, 2.24) is 9.21 Å². The molecule has 0 bridgehead atoms. The van der Waals surface area contributed by atoms with Crippen molar-refractivity contribution in [1.29, 1.82) is 0 Å². The summed E-state index contributed by atoms with van der Waals surface area (Å²) in [7, 11) is 2.28. The minimum atomic E-state index is -3.22. The second kappa shape index (κ2) is 6.31. The van der Waals surface area contributed by atoms with Gasteiger partial charge in [0.25, 0.3) is 0 Å². The van der Waals surface area contributed by atoms with E-state index in [2.05, 4.69) is 0 Å². The van der Waals surface area contributed by atoms with Gasteiger partial charge in [-0.15, -0.1) is 0 Å². The molecule has 4 nitrogen and oxygen atoms in total. The summed E-state index contributed by atoms with van der Waals surface area (Å²) in [6.07, 6.45) is 0. The van der Waals surface area contributed by atoms with Crippen LogP contribution in [0, 0.1) is 6.92 Å². The monoisotopic (exact) mass is 270 g/mol. The molecule has 0 amide bonds. The molecule has 5 heteroatoms. The molecule has 1 aromatic rings. The highest BCUT2D eigenvalue weighted by atomic mass is 32.2. The van der Waals surface area contributed by atoms with E-state index in [0.29, 0.717) is 6.54 Å². The lowest BCUT2D eigenvalue weighted by Crippen LogP contribution is -2.34. The Balaban J connectivity index is 2.66. The first-order valence-electron chi connectivity index (χ1n) is 5.95. The van der Waals surface area contributed by atoms with Crippen molar-refractivity contribution in [3.8, 4) is 0 Å². The summed E-state index contributed by atoms with van der Waals surface area (Å²) in [6, 6.07) is 7.61. The van der Waals surface area contributed by atoms with Gasteiger partial charge in [-0.3, -0.25) is 0 Å². The van der Waals surface area contributed by atoms with Gasteiger partial charge in [-0.2, -0.15) is 0 Å². The molecule has 0 heterocycles. The Morgan fingerprint density at radius 1 is 1.00 bits per heavy atom. The van der Waals surface area contributed by atoms with Crippen LogP contribution in [0.5, 0.6) is 0 Å². The van der Waals surface area contributed by atoms with E-state index >= 15 is 0 Å². The van der Waals surface area contributed by atoms with Crippen LogP contribution < -0.4 is 0 Å². The average molecular weight is 270 g/mol. The van der Waals surface area contributed by atoms with Gasteiger partial charge in [0.1, 0.15) is 0 Å². The molecule has 0 aliphatic rings. The fourth-order valence-corrected chi connectivity index (χ4v) is 2.68. The predicted molar refractivity (Wildman–Crippen MR) is 75.0 cm³/mol. The maximum Gasteiger partial charge on any atom is 0.218 e. The number of sulfonamides is 1. The second-order valence-corrected chi connectivity index (χ2v) is 6.94. The van der Waals surface area contributed by atoms with Crippen LogP contribution in [-0.2, 0) is 15.8 Å². The van der Waals surface area contributed by atoms with Gasteiger partial charge >= 0.3 is 0 Å². The number of hydrogen-bond donors (Lipinski definition) is 0. The predicted octanol–water partition coefficient (Wildman–Crippen LogP) is 1.32. The Labute approximate surface area is 110 Å². The fraction of sp³-hybridized carbons (Fsp3) is 0.538. The molecular weight excluding hydrogens is 248 g/mol. The summed E-state index contributed by atoms with van der Waals surface area (Å²) < 4.78 is 25.6. The van der Waals surface area contributed by atoms with Gasteiger partial charge in [0.15, 0.2) is 0 Å². The molecule has 1 aromatic carbocycles. The molecule has 0 unspecified atom stereocenters. The lowest BCUT2D eigenvalue weighted by atomic mass is 10.2. The normalized spacial score (nSPS) is 12.3. The van der Waals surface area contributed by atoms with Crippen molar-refractivity contribution in [2.24, 2.45) is 0 Å². The molecule has 0 atom stereocenters. The first kappa shape index (κ1) is 15.1. The van der Waals surface area contributed by atoms with Crippen LogP contribution in [0.25, 0.3) is 0 Å². The number of hydrogen-bond acceptors (Lipinski definition) is 3. The molecule has 0 radical (unpaired) electrons. The topological polar surface area (TPSA) is 40.6 Å². The number of nitrogens with zero attached hydrogens (tertiary/aromatic N) is 2. The lowest BCUT2D eigenvalue weighted by Gasteiger charge is -2.19. The summed E-state index contributed by atoms with van der Waals surface area (Å²) in [6.45, 7) is 3.23. The highest BCUT2D eigenvalue weighted by molar-refractivity contribution is 7.88. The zero-order valence-corrected chi connectivity index (χ0v) is 12.4. The summed E-state index contributed by atoms with van der Waals surface area (Å²) in [5.74, 6) is 0.0667. The zero-order chi connectivity index (χ0) is 13.8. The van der Waals surface area contributed by atoms with E-state index in [1.807, 2.05) is 50.2 Å². The zero-order valence-electron chi connectivity index (χ0n) is 11.5. The van der Waals surface area contributed by atoms with Gasteiger partial charge in [0.2, 0.25) is 10.0 Å². The Morgan fingerprint density at radius 2 is 1.56 bits per heavy atom. The van der Waals surface area contributed by atoms with Gasteiger partial charge in [0, 0.05) is 20.1 Å². The molecular formula is C13H22N2O2S. The summed E-state index contributed by atoms with van der Waals surface area (Å²) >= 11 is 0. The highest BCUT2D eigenvalue weighted by Gasteiger charge is 2.18. The van der Waals surface area contributed by atoms with Gasteiger partial charge in [-0.05, 0) is 26.6 Å². The Bertz CT molecular complexity index is 466. The number of benzene rings is 1. The minimum absolute atomic E-state index is 0.0667. The van der Waals surface area contributed by atoms with E-state index < -0.39 is 10.0 Å². The molecule has 0 aliphatic heterocycles. The minimum Gasteiger partial charge on any atom is -0.308 e. The van der Waals surface area contributed by atoms with Crippen molar-refractivity contribution < 1.29 is 8.42 Å². The SMILES string of the molecule is Cc1ccc(CS(=O)(=O)N(C)CCN(C)C)cc1. The van der Waals surface area contributed by atoms with Gasteiger partial charge in [-0.1, -0.05) is 29.8 Å². The number of likely N-dealkylation sites (N-methyl/N-ethyl adjacent to an activating group) is 2. The molecule has 0 aromatic heterocycles. The highest BCUT2D eigenvalue weighted by Crippen LogP contribution is 2.10. The number of rotatable bonds is 6. The van der Waals surface area contributed by atoms with Crippen LogP contribution in [-0.4, -0.2) is 51.9 Å². The summed E-state index contributed by atoms with van der Waals surface area (Å²) in [5, 5.41) is 0. The standard InChI is InChI=1S/C13H22N2O2S/c1-12-5-7-13(8-6-12)11-18(16,17)15(4)10-9-14(2)3/h5-8H,9-11H2,1-4H3. The maximum atomic E-state index is 12.1. The van der Waals surface area contributed by atoms with Crippen molar-refractivity contribution in [3.05, 3.63) is 35.4 Å². The molecule has 102 valence electrons. The van der Waals surface area contributed by atoms with Crippen LogP contribution in [0.15, 0.2) is 24.3 Å². The molecule has 0 saturated heterocycles. The summed E-state index contributed by atoms with van der Waals surface area (Å²) in [4.78, 5) is 1.97. The van der Waals surface area contributed by atoms with Gasteiger partial charge in [0.05, 0.1) is 5.75 Å². The molecule has 0 fully saturated rings. The average Bonchev–Trinajstić information content (AvgIpc) is 2.28. The smallest absolute Gasteiger partial charge is 0.218 e. The molecule has 0 saturated carbocycles. The van der Waals surface area contributed by atoms with Crippen LogP contribution >= 0.6 is 0 Å². The van der Waals surface area contributed by atoms with Crippen molar-refractivity contribution >= 4 is 10.0 Å². The van der Waals surface area contributed by atoms with E-state index in [0.717, 1.165) is 17.7 Å². The molecule has 18 heavy (non-hydrogen) atoms. The maximum absolute atomic E-state index is 12.1. The third kappa shape index (κ3) is 4.76. The van der Waals surface area contributed by atoms with Crippen molar-refractivity contribution in [2.75, 3.05) is 34.2 Å². The van der Waals surface area contributed by atoms with Crippen LogP contribution in [0.2, 0.25) is 0 Å². The van der Waals surface area contributed by atoms with E-state index in [9.17, 15) is 8.42 Å². The fourth-order valence-electron chi connectivity index (χ4n) is 1.49. The second-order valence-electron chi connectivity index (χ2n) is 4.87. The number of aryl methyl sites for hydroxylation is 1. The molecule has 0 spiro atoms. The molecule has 1 rings (SSSR count). The third-order valence-electron chi connectivity index (χ3n) is 2.81. The van der Waals surface area contributed by atoms with Crippen LogP contribution in [0.3, 0.4) is 0 Å². The van der Waals surface area contributed by atoms with E-state index in [1.165, 1.54) is 4.31 Å². The van der Waals surface area contributed by atoms with E-state index in [4.69, 9.17) is 0 Å². The van der Waals surface area contributed by atoms with E-state index in [1.54, 1.807) is 7.05 Å². The first-order valence-corrected chi connectivity index (χ1v) is 7.56. The molecule has 0 aliphatic carbocycles. The largest absolute Gasteiger partial charge is 0.308 e.